The normalized spacial score (nSPS) is 14.2. The molecule has 0 bridgehead atoms. The number of fused-ring (bicyclic) bond motifs is 6. The van der Waals surface area contributed by atoms with Gasteiger partial charge in [-0.3, -0.25) is 4.55 Å². The first-order valence-corrected chi connectivity index (χ1v) is 23.9. The van der Waals surface area contributed by atoms with Crippen molar-refractivity contribution in [2.75, 3.05) is 20.1 Å². The molecular weight excluding hydrogens is 873 g/mol. The summed E-state index contributed by atoms with van der Waals surface area (Å²) in [7, 11) is -2.18. The summed E-state index contributed by atoms with van der Waals surface area (Å²) in [6.07, 6.45) is 17.9. The molecule has 0 fully saturated rings. The van der Waals surface area contributed by atoms with Crippen LogP contribution >= 0.6 is 69.1 Å². The highest BCUT2D eigenvalue weighted by atomic mass is 35.5. The number of nitrogens with zero attached hydrogens (tertiary/aromatic N) is 5. The predicted octanol–water partition coefficient (Wildman–Crippen LogP) is 12.6. The first-order chi connectivity index (χ1) is 28.0. The molecule has 0 unspecified atom stereocenters. The van der Waals surface area contributed by atoms with E-state index in [0.29, 0.717) is 32.2 Å². The van der Waals surface area contributed by atoms with Crippen molar-refractivity contribution in [2.24, 2.45) is 0 Å². The minimum atomic E-state index is -4.35. The van der Waals surface area contributed by atoms with Crippen LogP contribution in [0.15, 0.2) is 70.3 Å². The standard InChI is InChI=1S/C43H41Cl4N5O3S3/c1-50(21-6-2-4-14-35-31-12-8-10-27-20-23-56-42(27)40(31)51(48-35)37-18-16-29(44)25-33(37)46)22-7-3-5-15-36-32-13-9-11-28-24-39(58(53,54)55)57-43(28)41(32)52(49-36)38-19-17-30(45)26-34(38)47/h4-5,14-20,23-26H,2-3,6-13,21-22H2,1H3,(H,53,54,55)/b14-4+,15-5+. The molecule has 0 amide bonds. The number of unbranched alkanes of at least 4 members (excludes halogenated alkanes) is 2. The van der Waals surface area contributed by atoms with Gasteiger partial charge in [-0.25, -0.2) is 9.36 Å². The van der Waals surface area contributed by atoms with E-state index in [2.05, 4.69) is 47.7 Å². The Hall–Kier alpha value is -3.23. The number of halogens is 4. The second kappa shape index (κ2) is 17.8. The fourth-order valence-electron chi connectivity index (χ4n) is 7.84. The van der Waals surface area contributed by atoms with Crippen LogP contribution in [-0.4, -0.2) is 57.6 Å². The number of benzene rings is 2. The third-order valence-electron chi connectivity index (χ3n) is 10.6. The molecular formula is C43H41Cl4N5O3S3. The summed E-state index contributed by atoms with van der Waals surface area (Å²) in [5, 5.41) is 14.4. The molecule has 0 aliphatic heterocycles. The van der Waals surface area contributed by atoms with Gasteiger partial charge in [-0.05, 0) is 162 Å². The van der Waals surface area contributed by atoms with E-state index in [4.69, 9.17) is 56.6 Å². The van der Waals surface area contributed by atoms with Crippen LogP contribution in [0.1, 0.15) is 72.2 Å². The van der Waals surface area contributed by atoms with E-state index in [9.17, 15) is 13.0 Å². The van der Waals surface area contributed by atoms with Crippen molar-refractivity contribution in [2.45, 2.75) is 68.4 Å². The van der Waals surface area contributed by atoms with Gasteiger partial charge in [0.1, 0.15) is 4.21 Å². The quantitative estimate of drug-likeness (QED) is 0.0916. The number of rotatable bonds is 13. The SMILES string of the molecule is CN(CCC/C=C/c1nn(-c2ccc(Cl)cc2Cl)c2c1CCCc1ccsc1-2)CCC/C=C/c1nn(-c2ccc(Cl)cc2Cl)c2c1CCCc1cc(S(=O)(=O)O)sc1-2. The van der Waals surface area contributed by atoms with Gasteiger partial charge in [0, 0.05) is 21.2 Å². The Morgan fingerprint density at radius 2 is 1.28 bits per heavy atom. The van der Waals surface area contributed by atoms with Crippen LogP contribution in [0, 0.1) is 0 Å². The van der Waals surface area contributed by atoms with Gasteiger partial charge in [-0.15, -0.1) is 22.7 Å². The summed E-state index contributed by atoms with van der Waals surface area (Å²) >= 11 is 28.7. The predicted molar refractivity (Wildman–Crippen MR) is 242 cm³/mol. The Kier molecular flexibility index (Phi) is 12.7. The molecule has 0 saturated heterocycles. The minimum absolute atomic E-state index is 0.0726. The van der Waals surface area contributed by atoms with Crippen molar-refractivity contribution in [1.82, 2.24) is 24.5 Å². The molecule has 0 spiro atoms. The molecule has 0 radical (unpaired) electrons. The third kappa shape index (κ3) is 8.80. The van der Waals surface area contributed by atoms with E-state index in [0.717, 1.165) is 127 Å². The van der Waals surface area contributed by atoms with Crippen LogP contribution in [0.25, 0.3) is 44.7 Å². The molecule has 4 heterocycles. The van der Waals surface area contributed by atoms with Crippen LogP contribution in [0.2, 0.25) is 20.1 Å². The molecule has 4 aromatic heterocycles. The lowest BCUT2D eigenvalue weighted by Crippen LogP contribution is -2.20. The van der Waals surface area contributed by atoms with E-state index in [1.54, 1.807) is 40.3 Å². The lowest BCUT2D eigenvalue weighted by molar-refractivity contribution is 0.327. The number of thiophene rings is 2. The largest absolute Gasteiger partial charge is 0.306 e. The molecule has 58 heavy (non-hydrogen) atoms. The van der Waals surface area contributed by atoms with E-state index in [1.807, 2.05) is 22.9 Å². The first-order valence-electron chi connectivity index (χ1n) is 19.3. The first kappa shape index (κ1) is 41.5. The zero-order valence-corrected chi connectivity index (χ0v) is 37.2. The van der Waals surface area contributed by atoms with Gasteiger partial charge in [0.25, 0.3) is 0 Å². The molecule has 302 valence electrons. The summed E-state index contributed by atoms with van der Waals surface area (Å²) in [6, 6.07) is 14.6. The third-order valence-corrected chi connectivity index (χ3v) is 15.2. The topological polar surface area (TPSA) is 93.3 Å². The van der Waals surface area contributed by atoms with E-state index >= 15 is 0 Å². The molecule has 1 N–H and O–H groups in total. The molecule has 8 rings (SSSR count). The van der Waals surface area contributed by atoms with Crippen LogP contribution in [0.5, 0.6) is 0 Å². The smallest absolute Gasteiger partial charge is 0.304 e. The Labute approximate surface area is 367 Å². The fourth-order valence-corrected chi connectivity index (χ4v) is 11.8. The molecule has 15 heteroatoms. The van der Waals surface area contributed by atoms with Gasteiger partial charge < -0.3 is 4.90 Å². The van der Waals surface area contributed by atoms with Gasteiger partial charge >= 0.3 is 10.1 Å². The molecule has 0 atom stereocenters. The number of allylic oxidation sites excluding steroid dienone is 2. The maximum atomic E-state index is 12.1. The van der Waals surface area contributed by atoms with Gasteiger partial charge in [-0.1, -0.05) is 58.6 Å². The highest BCUT2D eigenvalue weighted by molar-refractivity contribution is 7.88. The van der Waals surface area contributed by atoms with Crippen LogP contribution in [0.4, 0.5) is 0 Å². The monoisotopic (exact) mass is 911 g/mol. The highest BCUT2D eigenvalue weighted by Gasteiger charge is 2.29. The molecule has 2 aliphatic carbocycles. The van der Waals surface area contributed by atoms with Gasteiger partial charge in [0.2, 0.25) is 0 Å². The minimum Gasteiger partial charge on any atom is -0.306 e. The average Bonchev–Trinajstić information content (AvgIpc) is 3.92. The number of hydrogen-bond donors (Lipinski definition) is 1. The molecule has 0 saturated carbocycles. The highest BCUT2D eigenvalue weighted by Crippen LogP contribution is 2.44. The summed E-state index contributed by atoms with van der Waals surface area (Å²) in [5.41, 5.74) is 9.79. The number of aromatic nitrogens is 4. The lowest BCUT2D eigenvalue weighted by Gasteiger charge is -2.15. The number of hydrogen-bond acceptors (Lipinski definition) is 7. The zero-order chi connectivity index (χ0) is 40.6. The Balaban J connectivity index is 0.906. The average molecular weight is 914 g/mol. The maximum Gasteiger partial charge on any atom is 0.304 e. The molecule has 8 nitrogen and oxygen atoms in total. The van der Waals surface area contributed by atoms with E-state index < -0.39 is 10.1 Å². The van der Waals surface area contributed by atoms with Crippen molar-refractivity contribution >= 4 is 91.3 Å². The molecule has 2 aliphatic rings. The van der Waals surface area contributed by atoms with Crippen molar-refractivity contribution in [1.29, 1.82) is 0 Å². The summed E-state index contributed by atoms with van der Waals surface area (Å²) in [6.45, 7) is 1.94. The van der Waals surface area contributed by atoms with E-state index in [1.165, 1.54) is 16.0 Å². The van der Waals surface area contributed by atoms with Crippen molar-refractivity contribution < 1.29 is 13.0 Å². The Morgan fingerprint density at radius 1 is 0.741 bits per heavy atom. The van der Waals surface area contributed by atoms with Crippen LogP contribution in [-0.2, 0) is 35.8 Å². The van der Waals surface area contributed by atoms with Gasteiger partial charge in [-0.2, -0.15) is 18.6 Å². The van der Waals surface area contributed by atoms with Crippen LogP contribution < -0.4 is 0 Å². The van der Waals surface area contributed by atoms with Gasteiger partial charge in [0.15, 0.2) is 0 Å². The molecule has 6 aromatic rings. The summed E-state index contributed by atoms with van der Waals surface area (Å²) in [4.78, 5) is 4.42. The summed E-state index contributed by atoms with van der Waals surface area (Å²) < 4.78 is 37.8. The van der Waals surface area contributed by atoms with Crippen molar-refractivity contribution in [3.63, 3.8) is 0 Å². The fraction of sp³-hybridized carbons (Fsp3) is 0.302. The Bertz CT molecular complexity index is 2660. The Morgan fingerprint density at radius 3 is 1.81 bits per heavy atom. The zero-order valence-electron chi connectivity index (χ0n) is 31.7. The second-order valence-electron chi connectivity index (χ2n) is 14.7. The van der Waals surface area contributed by atoms with Crippen molar-refractivity contribution in [3.8, 4) is 32.5 Å². The lowest BCUT2D eigenvalue weighted by atomic mass is 10.1. The molecule has 2 aromatic carbocycles. The van der Waals surface area contributed by atoms with Gasteiger partial charge in [0.05, 0.1) is 54.0 Å². The second-order valence-corrected chi connectivity index (χ2v) is 20.0. The summed E-state index contributed by atoms with van der Waals surface area (Å²) in [5.74, 6) is 0. The maximum absolute atomic E-state index is 12.1. The van der Waals surface area contributed by atoms with E-state index in [-0.39, 0.29) is 4.21 Å². The van der Waals surface area contributed by atoms with Crippen LogP contribution in [0.3, 0.4) is 0 Å². The number of aryl methyl sites for hydroxylation is 2. The van der Waals surface area contributed by atoms with Crippen molar-refractivity contribution in [3.05, 3.63) is 120 Å².